The van der Waals surface area contributed by atoms with E-state index in [9.17, 15) is 0 Å². The summed E-state index contributed by atoms with van der Waals surface area (Å²) in [5.41, 5.74) is 0. The third-order valence-electron chi connectivity index (χ3n) is 3.52. The van der Waals surface area contributed by atoms with E-state index in [1.54, 1.807) is 0 Å². The van der Waals surface area contributed by atoms with Crippen LogP contribution in [-0.4, -0.2) is 11.0 Å². The molecular formula is C17H26S. The van der Waals surface area contributed by atoms with Gasteiger partial charge in [-0.2, -0.15) is 10.0 Å². The minimum absolute atomic E-state index is 0.226. The van der Waals surface area contributed by atoms with E-state index in [-0.39, 0.29) is 4.75 Å². The normalized spacial score (nSPS) is 17.9. The summed E-state index contributed by atoms with van der Waals surface area (Å²) in [7, 11) is -1.04. The van der Waals surface area contributed by atoms with E-state index in [1.807, 2.05) is 0 Å². The summed E-state index contributed by atoms with van der Waals surface area (Å²) < 4.78 is 0.226. The van der Waals surface area contributed by atoms with Crippen molar-refractivity contribution < 1.29 is 0 Å². The Hall–Kier alpha value is -0.950. The Balaban J connectivity index is 3.46. The molecule has 0 saturated heterocycles. The van der Waals surface area contributed by atoms with Gasteiger partial charge in [0.05, 0.1) is 0 Å². The lowest BCUT2D eigenvalue weighted by atomic mass is 10.3. The second kappa shape index (κ2) is 5.79. The van der Waals surface area contributed by atoms with E-state index >= 15 is 0 Å². The first-order valence-corrected chi connectivity index (χ1v) is 8.57. The summed E-state index contributed by atoms with van der Waals surface area (Å²) in [5, 5.41) is 0. The topological polar surface area (TPSA) is 0 Å². The van der Waals surface area contributed by atoms with Gasteiger partial charge in [-0.05, 0) is 39.4 Å². The molecule has 0 aliphatic rings. The first-order valence-electron chi connectivity index (χ1n) is 6.53. The molecule has 0 aliphatic heterocycles. The standard InChI is InChI=1S/C17H26S/c1-7-12-15(8-2)18(6,17(3,4)5)16-13-10-9-11-14-16/h8-14H,2,7H2,1,3-6H3/b15-12+. The Morgan fingerprint density at radius 3 is 2.17 bits per heavy atom. The first-order chi connectivity index (χ1) is 8.37. The molecule has 0 N–H and O–H groups in total. The minimum Gasteiger partial charge on any atom is -0.186 e. The van der Waals surface area contributed by atoms with Gasteiger partial charge in [-0.15, -0.1) is 0 Å². The molecule has 0 spiro atoms. The summed E-state index contributed by atoms with van der Waals surface area (Å²) in [4.78, 5) is 2.85. The van der Waals surface area contributed by atoms with Crippen molar-refractivity contribution in [2.24, 2.45) is 0 Å². The monoisotopic (exact) mass is 262 g/mol. The molecule has 1 unspecified atom stereocenters. The van der Waals surface area contributed by atoms with Crippen LogP contribution in [0.5, 0.6) is 0 Å². The van der Waals surface area contributed by atoms with Crippen LogP contribution in [0.2, 0.25) is 0 Å². The average Bonchev–Trinajstić information content (AvgIpc) is 2.34. The van der Waals surface area contributed by atoms with Crippen molar-refractivity contribution in [3.05, 3.63) is 54.0 Å². The van der Waals surface area contributed by atoms with Crippen molar-refractivity contribution in [1.82, 2.24) is 0 Å². The van der Waals surface area contributed by atoms with Crippen LogP contribution in [0.15, 0.2) is 58.9 Å². The SMILES string of the molecule is C=C/C(=C\CC)S(C)(c1ccccc1)C(C)(C)C. The molecule has 0 radical (unpaired) electrons. The Bertz CT molecular complexity index is 423. The molecule has 0 aromatic heterocycles. The van der Waals surface area contributed by atoms with Crippen LogP contribution in [0, 0.1) is 0 Å². The molecule has 1 atom stereocenters. The van der Waals surface area contributed by atoms with Crippen LogP contribution >= 0.6 is 10.0 Å². The molecule has 1 heteroatoms. The summed E-state index contributed by atoms with van der Waals surface area (Å²) in [6.45, 7) is 13.2. The quantitative estimate of drug-likeness (QED) is 0.605. The van der Waals surface area contributed by atoms with Crippen molar-refractivity contribution in [1.29, 1.82) is 0 Å². The maximum absolute atomic E-state index is 4.04. The molecule has 0 amide bonds. The van der Waals surface area contributed by atoms with Gasteiger partial charge in [-0.1, -0.05) is 64.6 Å². The molecule has 1 aromatic carbocycles. The number of hydrogen-bond acceptors (Lipinski definition) is 0. The highest BCUT2D eigenvalue weighted by atomic mass is 32.3. The second-order valence-corrected chi connectivity index (χ2v) is 9.57. The highest BCUT2D eigenvalue weighted by molar-refractivity contribution is 8.37. The highest BCUT2D eigenvalue weighted by Crippen LogP contribution is 2.68. The van der Waals surface area contributed by atoms with Crippen molar-refractivity contribution in [2.75, 3.05) is 6.26 Å². The van der Waals surface area contributed by atoms with Crippen LogP contribution < -0.4 is 0 Å². The maximum Gasteiger partial charge on any atom is -0.000794 e. The van der Waals surface area contributed by atoms with Crippen molar-refractivity contribution in [3.8, 4) is 0 Å². The lowest BCUT2D eigenvalue weighted by Crippen LogP contribution is -2.25. The van der Waals surface area contributed by atoms with Crippen LogP contribution in [0.3, 0.4) is 0 Å². The first kappa shape index (κ1) is 15.1. The van der Waals surface area contributed by atoms with E-state index in [2.05, 4.69) is 83.0 Å². The summed E-state index contributed by atoms with van der Waals surface area (Å²) in [6.07, 6.45) is 7.86. The van der Waals surface area contributed by atoms with E-state index in [0.29, 0.717) is 0 Å². The van der Waals surface area contributed by atoms with Gasteiger partial charge in [0.2, 0.25) is 0 Å². The molecule has 0 saturated carbocycles. The van der Waals surface area contributed by atoms with Crippen LogP contribution in [0.1, 0.15) is 34.1 Å². The maximum atomic E-state index is 4.04. The van der Waals surface area contributed by atoms with Gasteiger partial charge >= 0.3 is 0 Å². The van der Waals surface area contributed by atoms with Crippen LogP contribution in [0.4, 0.5) is 0 Å². The van der Waals surface area contributed by atoms with Gasteiger partial charge in [0.1, 0.15) is 0 Å². The molecule has 0 heterocycles. The lowest BCUT2D eigenvalue weighted by Gasteiger charge is -2.49. The molecule has 0 nitrogen and oxygen atoms in total. The van der Waals surface area contributed by atoms with Gasteiger partial charge in [-0.25, -0.2) is 0 Å². The zero-order valence-corrected chi connectivity index (χ0v) is 13.2. The summed E-state index contributed by atoms with van der Waals surface area (Å²) in [6, 6.07) is 10.9. The molecule has 18 heavy (non-hydrogen) atoms. The third kappa shape index (κ3) is 2.72. The van der Waals surface area contributed by atoms with Gasteiger partial charge in [0.25, 0.3) is 0 Å². The molecule has 0 aliphatic carbocycles. The number of benzene rings is 1. The smallest absolute Gasteiger partial charge is 0.000794 e. The fourth-order valence-electron chi connectivity index (χ4n) is 2.15. The fraction of sp³-hybridized carbons (Fsp3) is 0.412. The Morgan fingerprint density at radius 2 is 1.78 bits per heavy atom. The Labute approximate surface area is 114 Å². The minimum atomic E-state index is -1.04. The number of allylic oxidation sites excluding steroid dienone is 2. The number of hydrogen-bond donors (Lipinski definition) is 0. The Morgan fingerprint density at radius 1 is 1.22 bits per heavy atom. The van der Waals surface area contributed by atoms with Gasteiger partial charge in [0, 0.05) is 0 Å². The molecule has 0 fully saturated rings. The van der Waals surface area contributed by atoms with Crippen LogP contribution in [0.25, 0.3) is 0 Å². The van der Waals surface area contributed by atoms with E-state index in [0.717, 1.165) is 6.42 Å². The summed E-state index contributed by atoms with van der Waals surface area (Å²) >= 11 is 0. The number of rotatable bonds is 4. The largest absolute Gasteiger partial charge is 0.186 e. The Kier molecular flexibility index (Phi) is 4.86. The molecular weight excluding hydrogens is 236 g/mol. The highest BCUT2D eigenvalue weighted by Gasteiger charge is 2.35. The zero-order valence-electron chi connectivity index (χ0n) is 12.4. The molecule has 100 valence electrons. The van der Waals surface area contributed by atoms with E-state index in [1.165, 1.54) is 9.80 Å². The van der Waals surface area contributed by atoms with Crippen molar-refractivity contribution in [3.63, 3.8) is 0 Å². The summed E-state index contributed by atoms with van der Waals surface area (Å²) in [5.74, 6) is 0. The van der Waals surface area contributed by atoms with Crippen molar-refractivity contribution in [2.45, 2.75) is 43.8 Å². The van der Waals surface area contributed by atoms with Gasteiger partial charge in [-0.3, -0.25) is 0 Å². The predicted octanol–water partition coefficient (Wildman–Crippen LogP) is 5.76. The van der Waals surface area contributed by atoms with Gasteiger partial charge in [0.15, 0.2) is 0 Å². The lowest BCUT2D eigenvalue weighted by molar-refractivity contribution is 0.787. The second-order valence-electron chi connectivity index (χ2n) is 5.56. The molecule has 0 bridgehead atoms. The predicted molar refractivity (Wildman–Crippen MR) is 86.5 cm³/mol. The van der Waals surface area contributed by atoms with Gasteiger partial charge < -0.3 is 0 Å². The van der Waals surface area contributed by atoms with E-state index in [4.69, 9.17) is 0 Å². The zero-order chi connectivity index (χ0) is 13.8. The third-order valence-corrected chi connectivity index (χ3v) is 8.46. The van der Waals surface area contributed by atoms with E-state index < -0.39 is 10.0 Å². The molecule has 1 aromatic rings. The molecule has 1 rings (SSSR count). The average molecular weight is 262 g/mol. The fourth-order valence-corrected chi connectivity index (χ4v) is 5.37. The van der Waals surface area contributed by atoms with Crippen LogP contribution in [-0.2, 0) is 0 Å². The van der Waals surface area contributed by atoms with Crippen molar-refractivity contribution >= 4 is 10.0 Å².